The van der Waals surface area contributed by atoms with Crippen molar-refractivity contribution in [3.05, 3.63) is 59.1 Å². The van der Waals surface area contributed by atoms with Crippen molar-refractivity contribution in [2.24, 2.45) is 0 Å². The summed E-state index contributed by atoms with van der Waals surface area (Å²) in [5.74, 6) is -0.664. The zero-order valence-electron chi connectivity index (χ0n) is 16.3. The third kappa shape index (κ3) is 5.54. The van der Waals surface area contributed by atoms with E-state index in [1.165, 1.54) is 24.5 Å². The molecule has 3 rings (SSSR count). The number of fused-ring (bicyclic) bond motifs is 1. The molecule has 0 fully saturated rings. The lowest BCUT2D eigenvalue weighted by atomic mass is 10.1. The van der Waals surface area contributed by atoms with Gasteiger partial charge in [-0.3, -0.25) is 4.79 Å². The van der Waals surface area contributed by atoms with Crippen LogP contribution in [-0.4, -0.2) is 40.2 Å². The summed E-state index contributed by atoms with van der Waals surface area (Å²) >= 11 is 11.8. The average Bonchev–Trinajstić information content (AvgIpc) is 2.75. The highest BCUT2D eigenvalue weighted by atomic mass is 35.5. The lowest BCUT2D eigenvalue weighted by Gasteiger charge is -2.15. The fraction of sp³-hybridized carbons (Fsp3) is 0.100. The molecule has 9 nitrogen and oxygen atoms in total. The maximum Gasteiger partial charge on any atom is 0.404 e. The Kier molecular flexibility index (Phi) is 7.29. The fourth-order valence-electron chi connectivity index (χ4n) is 2.65. The zero-order chi connectivity index (χ0) is 23.3. The maximum atomic E-state index is 14.3. The minimum Gasteiger partial charge on any atom is -0.489 e. The van der Waals surface area contributed by atoms with Crippen LogP contribution in [0.2, 0.25) is 10.0 Å². The first-order chi connectivity index (χ1) is 15.3. The third-order valence-electron chi connectivity index (χ3n) is 4.08. The fourth-order valence-corrected chi connectivity index (χ4v) is 2.96. The summed E-state index contributed by atoms with van der Waals surface area (Å²) in [7, 11) is 0. The summed E-state index contributed by atoms with van der Waals surface area (Å²) in [5.41, 5.74) is 0.710. The van der Waals surface area contributed by atoms with Crippen LogP contribution in [0.3, 0.4) is 0 Å². The highest BCUT2D eigenvalue weighted by Gasteiger charge is 2.15. The lowest BCUT2D eigenvalue weighted by Crippen LogP contribution is -2.26. The van der Waals surface area contributed by atoms with E-state index in [0.717, 1.165) is 12.1 Å². The van der Waals surface area contributed by atoms with Gasteiger partial charge in [0.25, 0.3) is 0 Å². The van der Waals surface area contributed by atoms with E-state index in [-0.39, 0.29) is 46.1 Å². The number of carboxylic acid groups (broad SMARTS) is 1. The van der Waals surface area contributed by atoms with E-state index >= 15 is 0 Å². The molecule has 0 unspecified atom stereocenters. The summed E-state index contributed by atoms with van der Waals surface area (Å²) in [6.07, 6.45) is 1.15. The number of anilines is 3. The molecule has 0 bridgehead atoms. The summed E-state index contributed by atoms with van der Waals surface area (Å²) in [6.45, 7) is 3.43. The number of carbonyl (C=O) groups excluding carboxylic acids is 1. The summed E-state index contributed by atoms with van der Waals surface area (Å²) < 4.78 is 19.9. The molecule has 0 saturated carbocycles. The van der Waals surface area contributed by atoms with Crippen LogP contribution in [-0.2, 0) is 4.79 Å². The largest absolute Gasteiger partial charge is 0.489 e. The first kappa shape index (κ1) is 23.0. The van der Waals surface area contributed by atoms with Gasteiger partial charge in [0, 0.05) is 11.5 Å². The number of nitrogens with zero attached hydrogens (tertiary/aromatic N) is 2. The number of benzene rings is 2. The number of hydrogen-bond donors (Lipinski definition) is 4. The Bertz CT molecular complexity index is 1210. The Hall–Kier alpha value is -3.63. The maximum absolute atomic E-state index is 14.3. The summed E-state index contributed by atoms with van der Waals surface area (Å²) in [5, 5.41) is 16.9. The minimum absolute atomic E-state index is 0.000553. The van der Waals surface area contributed by atoms with Crippen molar-refractivity contribution in [2.75, 3.05) is 23.8 Å². The van der Waals surface area contributed by atoms with Gasteiger partial charge in [-0.25, -0.2) is 19.2 Å². The number of amides is 2. The predicted molar refractivity (Wildman–Crippen MR) is 120 cm³/mol. The second kappa shape index (κ2) is 10.1. The number of aromatic nitrogens is 2. The summed E-state index contributed by atoms with van der Waals surface area (Å²) in [6, 6.07) is 5.46. The lowest BCUT2D eigenvalue weighted by molar-refractivity contribution is -0.111. The highest BCUT2D eigenvalue weighted by Crippen LogP contribution is 2.35. The molecule has 2 amide bonds. The molecule has 32 heavy (non-hydrogen) atoms. The Labute approximate surface area is 191 Å². The number of nitrogens with one attached hydrogen (secondary N) is 3. The van der Waals surface area contributed by atoms with Crippen molar-refractivity contribution >= 4 is 63.3 Å². The zero-order valence-corrected chi connectivity index (χ0v) is 17.8. The van der Waals surface area contributed by atoms with Gasteiger partial charge >= 0.3 is 6.09 Å². The predicted octanol–water partition coefficient (Wildman–Crippen LogP) is 4.59. The van der Waals surface area contributed by atoms with Gasteiger partial charge in [-0.1, -0.05) is 29.8 Å². The molecule has 12 heteroatoms. The molecule has 166 valence electrons. The van der Waals surface area contributed by atoms with E-state index in [1.54, 1.807) is 0 Å². The van der Waals surface area contributed by atoms with Crippen molar-refractivity contribution in [3.63, 3.8) is 0 Å². The van der Waals surface area contributed by atoms with Crippen molar-refractivity contribution in [2.45, 2.75) is 0 Å². The van der Waals surface area contributed by atoms with Gasteiger partial charge in [-0.15, -0.1) is 0 Å². The van der Waals surface area contributed by atoms with Gasteiger partial charge in [0.15, 0.2) is 0 Å². The molecule has 0 saturated heterocycles. The molecule has 0 aliphatic rings. The van der Waals surface area contributed by atoms with Gasteiger partial charge in [-0.2, -0.15) is 0 Å². The molecule has 0 atom stereocenters. The van der Waals surface area contributed by atoms with Crippen LogP contribution in [0.15, 0.2) is 43.2 Å². The van der Waals surface area contributed by atoms with Gasteiger partial charge in [0.2, 0.25) is 5.91 Å². The average molecular weight is 480 g/mol. The number of carbonyl (C=O) groups is 2. The van der Waals surface area contributed by atoms with Crippen molar-refractivity contribution < 1.29 is 23.8 Å². The molecule has 4 N–H and O–H groups in total. The topological polar surface area (TPSA) is 125 Å². The monoisotopic (exact) mass is 479 g/mol. The van der Waals surface area contributed by atoms with Gasteiger partial charge < -0.3 is 25.8 Å². The molecule has 1 heterocycles. The Morgan fingerprint density at radius 1 is 1.16 bits per heavy atom. The second-order valence-corrected chi connectivity index (χ2v) is 7.05. The van der Waals surface area contributed by atoms with Crippen molar-refractivity contribution in [1.82, 2.24) is 15.3 Å². The van der Waals surface area contributed by atoms with Gasteiger partial charge in [0.1, 0.15) is 30.3 Å². The number of halogens is 3. The van der Waals surface area contributed by atoms with Crippen molar-refractivity contribution in [3.8, 4) is 5.75 Å². The molecule has 2 aromatic carbocycles. The van der Waals surface area contributed by atoms with Crippen LogP contribution in [0.5, 0.6) is 5.75 Å². The van der Waals surface area contributed by atoms with Crippen LogP contribution >= 0.6 is 23.2 Å². The first-order valence-electron chi connectivity index (χ1n) is 9.02. The van der Waals surface area contributed by atoms with E-state index < -0.39 is 17.8 Å². The summed E-state index contributed by atoms with van der Waals surface area (Å²) in [4.78, 5) is 30.8. The van der Waals surface area contributed by atoms with Crippen LogP contribution in [0, 0.1) is 5.82 Å². The normalized spacial score (nSPS) is 10.5. The van der Waals surface area contributed by atoms with Crippen LogP contribution in [0.25, 0.3) is 10.9 Å². The molecule has 0 spiro atoms. The molecule has 1 aromatic heterocycles. The number of rotatable bonds is 8. The van der Waals surface area contributed by atoms with Crippen LogP contribution in [0.1, 0.15) is 0 Å². The van der Waals surface area contributed by atoms with E-state index in [2.05, 4.69) is 32.5 Å². The number of hydrogen-bond acceptors (Lipinski definition) is 6. The second-order valence-electron chi connectivity index (χ2n) is 6.23. The van der Waals surface area contributed by atoms with E-state index in [4.69, 9.17) is 33.0 Å². The SMILES string of the molecule is C=CC(=O)Nc1cc2c(Nc3cc(Cl)c(Cl)cc3F)ncnc2cc1OCCNC(=O)O. The molecule has 0 aliphatic carbocycles. The Morgan fingerprint density at radius 3 is 2.62 bits per heavy atom. The minimum atomic E-state index is -1.19. The van der Waals surface area contributed by atoms with Crippen molar-refractivity contribution in [1.29, 1.82) is 0 Å². The molecule has 0 radical (unpaired) electrons. The molecular formula is C20H16Cl2FN5O4. The van der Waals surface area contributed by atoms with Crippen LogP contribution in [0.4, 0.5) is 26.4 Å². The Balaban J connectivity index is 2.00. The highest BCUT2D eigenvalue weighted by molar-refractivity contribution is 6.42. The molecular weight excluding hydrogens is 464 g/mol. The van der Waals surface area contributed by atoms with Gasteiger partial charge in [-0.05, 0) is 24.3 Å². The van der Waals surface area contributed by atoms with Gasteiger partial charge in [0.05, 0.1) is 33.5 Å². The third-order valence-corrected chi connectivity index (χ3v) is 4.80. The smallest absolute Gasteiger partial charge is 0.404 e. The van der Waals surface area contributed by atoms with E-state index in [0.29, 0.717) is 10.9 Å². The standard InChI is InChI=1S/C20H16Cl2FN5O4/c1-2-18(29)27-16-5-10-14(8-17(16)32-4-3-24-20(30)31)25-9-26-19(10)28-15-7-12(22)11(21)6-13(15)23/h2,5-9,24H,1,3-4H2,(H,27,29)(H,30,31)(H,25,26,28). The Morgan fingerprint density at radius 2 is 1.91 bits per heavy atom. The number of ether oxygens (including phenoxy) is 1. The van der Waals surface area contributed by atoms with E-state index in [1.807, 2.05) is 0 Å². The first-order valence-corrected chi connectivity index (χ1v) is 9.77. The molecule has 3 aromatic rings. The van der Waals surface area contributed by atoms with E-state index in [9.17, 15) is 14.0 Å². The van der Waals surface area contributed by atoms with Crippen LogP contribution < -0.4 is 20.7 Å². The quantitative estimate of drug-likeness (QED) is 0.211. The molecule has 0 aliphatic heterocycles.